The first-order valence-corrected chi connectivity index (χ1v) is 7.75. The second kappa shape index (κ2) is 5.08. The number of hydrogen-bond acceptors (Lipinski definition) is 2. The highest BCUT2D eigenvalue weighted by Gasteiger charge is 2.49. The van der Waals surface area contributed by atoms with Crippen molar-refractivity contribution in [2.24, 2.45) is 23.5 Å². The Labute approximate surface area is 126 Å². The van der Waals surface area contributed by atoms with Gasteiger partial charge in [-0.3, -0.25) is 4.79 Å². The van der Waals surface area contributed by atoms with Crippen LogP contribution < -0.4 is 11.1 Å². The predicted molar refractivity (Wildman–Crippen MR) is 80.1 cm³/mol. The third-order valence-corrected chi connectivity index (χ3v) is 5.29. The SMILES string of the molecule is NC1C2CCC(C2)C1C(=O)Nc1cc(Br)ccc1Cl. The summed E-state index contributed by atoms with van der Waals surface area (Å²) < 4.78 is 0.893. The molecule has 4 atom stereocenters. The van der Waals surface area contributed by atoms with E-state index in [-0.39, 0.29) is 17.9 Å². The third-order valence-electron chi connectivity index (χ3n) is 4.47. The standard InChI is InChI=1S/C14H16BrClN2O/c15-9-3-4-10(16)11(6-9)18-14(19)12-7-1-2-8(5-7)13(12)17/h3-4,6-8,12-13H,1-2,5,17H2,(H,18,19). The van der Waals surface area contributed by atoms with Crippen LogP contribution in [0.5, 0.6) is 0 Å². The topological polar surface area (TPSA) is 55.1 Å². The number of fused-ring (bicyclic) bond motifs is 2. The van der Waals surface area contributed by atoms with E-state index in [1.807, 2.05) is 12.1 Å². The van der Waals surface area contributed by atoms with Gasteiger partial charge in [0.05, 0.1) is 16.6 Å². The molecule has 2 aliphatic rings. The molecule has 2 bridgehead atoms. The van der Waals surface area contributed by atoms with Gasteiger partial charge < -0.3 is 11.1 Å². The lowest BCUT2D eigenvalue weighted by Crippen LogP contribution is -2.42. The molecule has 19 heavy (non-hydrogen) atoms. The summed E-state index contributed by atoms with van der Waals surface area (Å²) in [5, 5.41) is 3.48. The van der Waals surface area contributed by atoms with Crippen LogP contribution in [0.15, 0.2) is 22.7 Å². The molecule has 1 aromatic rings. The number of rotatable bonds is 2. The van der Waals surface area contributed by atoms with E-state index in [4.69, 9.17) is 17.3 Å². The van der Waals surface area contributed by atoms with Crippen molar-refractivity contribution in [2.45, 2.75) is 25.3 Å². The van der Waals surface area contributed by atoms with Crippen molar-refractivity contribution in [1.82, 2.24) is 0 Å². The molecule has 0 radical (unpaired) electrons. The van der Waals surface area contributed by atoms with Gasteiger partial charge >= 0.3 is 0 Å². The van der Waals surface area contributed by atoms with Crippen LogP contribution in [-0.4, -0.2) is 11.9 Å². The molecule has 0 aromatic heterocycles. The average Bonchev–Trinajstić information content (AvgIpc) is 2.94. The third kappa shape index (κ3) is 2.41. The Kier molecular flexibility index (Phi) is 3.58. The molecule has 102 valence electrons. The molecule has 3 rings (SSSR count). The summed E-state index contributed by atoms with van der Waals surface area (Å²) in [4.78, 5) is 12.4. The lowest BCUT2D eigenvalue weighted by molar-refractivity contribution is -0.121. The van der Waals surface area contributed by atoms with Crippen molar-refractivity contribution in [3.63, 3.8) is 0 Å². The summed E-state index contributed by atoms with van der Waals surface area (Å²) in [6.07, 6.45) is 3.40. The Morgan fingerprint density at radius 2 is 2.11 bits per heavy atom. The van der Waals surface area contributed by atoms with Gasteiger partial charge in [0.15, 0.2) is 0 Å². The zero-order valence-corrected chi connectivity index (χ0v) is 12.7. The maximum atomic E-state index is 12.4. The second-order valence-electron chi connectivity index (χ2n) is 5.55. The van der Waals surface area contributed by atoms with Crippen molar-refractivity contribution < 1.29 is 4.79 Å². The largest absolute Gasteiger partial charge is 0.327 e. The minimum Gasteiger partial charge on any atom is -0.327 e. The molecule has 0 heterocycles. The first kappa shape index (κ1) is 13.4. The molecule has 0 saturated heterocycles. The van der Waals surface area contributed by atoms with Crippen LogP contribution in [0.3, 0.4) is 0 Å². The van der Waals surface area contributed by atoms with Crippen LogP contribution in [0, 0.1) is 17.8 Å². The van der Waals surface area contributed by atoms with Gasteiger partial charge in [-0.1, -0.05) is 27.5 Å². The molecule has 2 fully saturated rings. The Hall–Kier alpha value is -0.580. The van der Waals surface area contributed by atoms with Gasteiger partial charge in [-0.2, -0.15) is 0 Å². The number of anilines is 1. The molecule has 1 aromatic carbocycles. The number of nitrogens with one attached hydrogen (secondary N) is 1. The number of amides is 1. The van der Waals surface area contributed by atoms with Crippen LogP contribution in [0.25, 0.3) is 0 Å². The van der Waals surface area contributed by atoms with E-state index in [0.717, 1.165) is 17.3 Å². The lowest BCUT2D eigenvalue weighted by atomic mass is 9.84. The molecular weight excluding hydrogens is 328 g/mol. The maximum Gasteiger partial charge on any atom is 0.229 e. The van der Waals surface area contributed by atoms with Crippen molar-refractivity contribution in [2.75, 3.05) is 5.32 Å². The summed E-state index contributed by atoms with van der Waals surface area (Å²) in [6.45, 7) is 0. The molecule has 0 spiro atoms. The van der Waals surface area contributed by atoms with E-state index in [1.165, 1.54) is 6.42 Å². The lowest BCUT2D eigenvalue weighted by Gasteiger charge is -2.27. The van der Waals surface area contributed by atoms with E-state index in [0.29, 0.717) is 22.5 Å². The number of hydrogen-bond donors (Lipinski definition) is 2. The van der Waals surface area contributed by atoms with Gasteiger partial charge in [-0.15, -0.1) is 0 Å². The Bertz CT molecular complexity index is 520. The van der Waals surface area contributed by atoms with Crippen LogP contribution in [0.2, 0.25) is 5.02 Å². The summed E-state index contributed by atoms with van der Waals surface area (Å²) in [6, 6.07) is 5.44. The zero-order valence-electron chi connectivity index (χ0n) is 10.4. The molecular formula is C14H16BrClN2O. The number of carbonyl (C=O) groups is 1. The minimum absolute atomic E-state index is 0.00433. The molecule has 5 heteroatoms. The van der Waals surface area contributed by atoms with Gasteiger partial charge in [0.1, 0.15) is 0 Å². The quantitative estimate of drug-likeness (QED) is 0.864. The molecule has 3 N–H and O–H groups in total. The highest BCUT2D eigenvalue weighted by Crippen LogP contribution is 2.48. The van der Waals surface area contributed by atoms with Crippen molar-refractivity contribution in [3.8, 4) is 0 Å². The van der Waals surface area contributed by atoms with E-state index in [9.17, 15) is 4.79 Å². The fourth-order valence-corrected chi connectivity index (χ4v) is 4.06. The first-order chi connectivity index (χ1) is 9.06. The Morgan fingerprint density at radius 3 is 2.79 bits per heavy atom. The van der Waals surface area contributed by atoms with E-state index < -0.39 is 0 Å². The predicted octanol–water partition coefficient (Wildman–Crippen LogP) is 3.41. The first-order valence-electron chi connectivity index (χ1n) is 6.58. The summed E-state index contributed by atoms with van der Waals surface area (Å²) in [5.41, 5.74) is 6.83. The number of benzene rings is 1. The molecule has 4 unspecified atom stereocenters. The molecule has 2 aliphatic carbocycles. The van der Waals surface area contributed by atoms with Gasteiger partial charge in [-0.05, 0) is 49.3 Å². The van der Waals surface area contributed by atoms with Gasteiger partial charge in [0, 0.05) is 10.5 Å². The van der Waals surface area contributed by atoms with E-state index in [2.05, 4.69) is 21.2 Å². The fourth-order valence-electron chi connectivity index (χ4n) is 3.53. The van der Waals surface area contributed by atoms with Crippen molar-refractivity contribution in [3.05, 3.63) is 27.7 Å². The van der Waals surface area contributed by atoms with Crippen LogP contribution in [0.4, 0.5) is 5.69 Å². The number of nitrogens with two attached hydrogens (primary N) is 1. The van der Waals surface area contributed by atoms with Gasteiger partial charge in [0.25, 0.3) is 0 Å². The maximum absolute atomic E-state index is 12.4. The summed E-state index contributed by atoms with van der Waals surface area (Å²) in [5.74, 6) is 0.929. The normalized spacial score (nSPS) is 32.6. The fraction of sp³-hybridized carbons (Fsp3) is 0.500. The molecule has 0 aliphatic heterocycles. The average molecular weight is 344 g/mol. The molecule has 2 saturated carbocycles. The van der Waals surface area contributed by atoms with Gasteiger partial charge in [-0.25, -0.2) is 0 Å². The summed E-state index contributed by atoms with van der Waals surface area (Å²) >= 11 is 9.48. The molecule has 3 nitrogen and oxygen atoms in total. The minimum atomic E-state index is -0.0613. The van der Waals surface area contributed by atoms with Crippen LogP contribution >= 0.6 is 27.5 Å². The van der Waals surface area contributed by atoms with Gasteiger partial charge in [0.2, 0.25) is 5.91 Å². The smallest absolute Gasteiger partial charge is 0.229 e. The summed E-state index contributed by atoms with van der Waals surface area (Å²) in [7, 11) is 0. The monoisotopic (exact) mass is 342 g/mol. The zero-order chi connectivity index (χ0) is 13.6. The Balaban J connectivity index is 1.77. The number of carbonyl (C=O) groups excluding carboxylic acids is 1. The van der Waals surface area contributed by atoms with E-state index in [1.54, 1.807) is 6.07 Å². The Morgan fingerprint density at radius 1 is 1.37 bits per heavy atom. The van der Waals surface area contributed by atoms with Crippen molar-refractivity contribution in [1.29, 1.82) is 0 Å². The molecule has 1 amide bonds. The van der Waals surface area contributed by atoms with Crippen LogP contribution in [-0.2, 0) is 4.79 Å². The highest BCUT2D eigenvalue weighted by molar-refractivity contribution is 9.10. The van der Waals surface area contributed by atoms with E-state index >= 15 is 0 Å². The van der Waals surface area contributed by atoms with Crippen molar-refractivity contribution >= 4 is 39.1 Å². The second-order valence-corrected chi connectivity index (χ2v) is 6.87. The number of halogens is 2. The van der Waals surface area contributed by atoms with Crippen LogP contribution in [0.1, 0.15) is 19.3 Å². The highest BCUT2D eigenvalue weighted by atomic mass is 79.9.